The molecule has 2 unspecified atom stereocenters. The van der Waals surface area contributed by atoms with Crippen molar-refractivity contribution in [2.45, 2.75) is 49.0 Å². The van der Waals surface area contributed by atoms with Gasteiger partial charge in [-0.05, 0) is 61.4 Å². The lowest BCUT2D eigenvalue weighted by molar-refractivity contribution is -0.159. The molecular formula is C32H29BrCl2F2N2O7. The van der Waals surface area contributed by atoms with Crippen LogP contribution < -0.4 is 20.1 Å². The zero-order valence-corrected chi connectivity index (χ0v) is 27.5. The quantitative estimate of drug-likeness (QED) is 0.231. The Morgan fingerprint density at radius 2 is 1.28 bits per heavy atom. The van der Waals surface area contributed by atoms with Crippen molar-refractivity contribution < 1.29 is 42.1 Å². The minimum atomic E-state index is -1.07. The minimum absolute atomic E-state index is 0.0761. The van der Waals surface area contributed by atoms with Gasteiger partial charge in [0.05, 0.1) is 32.8 Å². The number of hydrogen-bond acceptors (Lipinski definition) is 7. The Morgan fingerprint density at radius 1 is 0.804 bits per heavy atom. The summed E-state index contributed by atoms with van der Waals surface area (Å²) in [4.78, 5) is 39.6. The van der Waals surface area contributed by atoms with E-state index in [2.05, 4.69) is 26.6 Å². The van der Waals surface area contributed by atoms with E-state index in [0.717, 1.165) is 16.6 Å². The van der Waals surface area contributed by atoms with Crippen molar-refractivity contribution in [3.8, 4) is 11.5 Å². The lowest BCUT2D eigenvalue weighted by Crippen LogP contribution is -2.76. The number of carbonyl (C=O) groups is 3. The van der Waals surface area contributed by atoms with Crippen LogP contribution in [-0.2, 0) is 19.1 Å². The van der Waals surface area contributed by atoms with Gasteiger partial charge in [0, 0.05) is 36.6 Å². The first-order chi connectivity index (χ1) is 21.9. The molecule has 14 heteroatoms. The predicted molar refractivity (Wildman–Crippen MR) is 168 cm³/mol. The summed E-state index contributed by atoms with van der Waals surface area (Å²) >= 11 is 14.8. The second-order valence-electron chi connectivity index (χ2n) is 11.2. The molecule has 2 N–H and O–H groups in total. The highest BCUT2D eigenvalue weighted by atomic mass is 79.9. The molecular weight excluding hydrogens is 713 g/mol. The van der Waals surface area contributed by atoms with Gasteiger partial charge >= 0.3 is 5.97 Å². The van der Waals surface area contributed by atoms with Gasteiger partial charge in [0.1, 0.15) is 29.2 Å². The van der Waals surface area contributed by atoms with Crippen LogP contribution in [0.15, 0.2) is 65.1 Å². The number of carbonyl (C=O) groups excluding carboxylic acids is 3. The number of methoxy groups -OCH3 is 1. The molecule has 3 aliphatic carbocycles. The van der Waals surface area contributed by atoms with Gasteiger partial charge in [-0.15, -0.1) is 0 Å². The molecule has 3 aromatic rings. The summed E-state index contributed by atoms with van der Waals surface area (Å²) in [5.41, 5.74) is -1.75. The second-order valence-corrected chi connectivity index (χ2v) is 12.9. The van der Waals surface area contributed by atoms with E-state index in [4.69, 9.17) is 42.1 Å². The molecule has 0 heterocycles. The van der Waals surface area contributed by atoms with Gasteiger partial charge in [0.25, 0.3) is 11.8 Å². The summed E-state index contributed by atoms with van der Waals surface area (Å²) < 4.78 is 51.3. The molecule has 0 radical (unpaired) electrons. The number of benzene rings is 3. The van der Waals surface area contributed by atoms with E-state index in [1.807, 2.05) is 0 Å². The van der Waals surface area contributed by atoms with E-state index >= 15 is 0 Å². The van der Waals surface area contributed by atoms with Crippen molar-refractivity contribution >= 4 is 56.9 Å². The molecule has 0 aromatic heterocycles. The molecule has 46 heavy (non-hydrogen) atoms. The molecule has 3 fully saturated rings. The summed E-state index contributed by atoms with van der Waals surface area (Å²) in [6, 6.07) is 14.3. The molecule has 4 atom stereocenters. The number of hydrogen-bond donors (Lipinski definition) is 2. The molecule has 2 amide bonds. The van der Waals surface area contributed by atoms with Crippen LogP contribution in [0.5, 0.6) is 11.5 Å². The fraction of sp³-hybridized carbons (Fsp3) is 0.344. The molecule has 2 bridgehead atoms. The average Bonchev–Trinajstić information content (AvgIpc) is 3.03. The number of esters is 1. The van der Waals surface area contributed by atoms with E-state index in [1.165, 1.54) is 31.4 Å². The molecule has 3 aliphatic rings. The third-order valence-corrected chi connectivity index (χ3v) is 9.40. The van der Waals surface area contributed by atoms with E-state index in [0.29, 0.717) is 18.4 Å². The number of halogens is 5. The second kappa shape index (κ2) is 14.1. The highest BCUT2D eigenvalue weighted by molar-refractivity contribution is 9.10. The van der Waals surface area contributed by atoms with E-state index in [-0.39, 0.29) is 34.4 Å². The lowest BCUT2D eigenvalue weighted by atomic mass is 9.58. The van der Waals surface area contributed by atoms with Gasteiger partial charge in [-0.2, -0.15) is 0 Å². The summed E-state index contributed by atoms with van der Waals surface area (Å²) in [5.74, 6) is -2.79. The standard InChI is InChI=1S/C32H29BrCl2F2N2O7/c1-43-26-14-32(39-29(41)17-45-21-7-9-23(35)25(37)13-21)11-10-31(26,15-27(32)46-30(42)18-2-4-19(33)5-3-18)38-28(40)16-44-20-6-8-22(34)24(36)12-20/h2-9,12-13,26-27H,10-11,14-17H2,1H3,(H,38,40)(H,39,41)/t26-,27?,31-,32?/m1/s1. The third-order valence-electron chi connectivity index (χ3n) is 8.26. The predicted octanol–water partition coefficient (Wildman–Crippen LogP) is 6.03. The summed E-state index contributed by atoms with van der Waals surface area (Å²) in [5, 5.41) is 5.84. The van der Waals surface area contributed by atoms with E-state index in [1.54, 1.807) is 24.3 Å². The SMILES string of the molecule is CO[C@@H]1CC2(NC(=O)COc3ccc(Cl)c(F)c3)CC[C@@]1(NC(=O)COc1ccc(Cl)c(F)c1)CC2OC(=O)c1ccc(Br)cc1. The van der Waals surface area contributed by atoms with Crippen LogP contribution in [0.4, 0.5) is 8.78 Å². The summed E-state index contributed by atoms with van der Waals surface area (Å²) in [6.07, 6.45) is -0.496. The minimum Gasteiger partial charge on any atom is -0.484 e. The smallest absolute Gasteiger partial charge is 0.338 e. The maximum Gasteiger partial charge on any atom is 0.338 e. The third kappa shape index (κ3) is 7.57. The number of nitrogens with one attached hydrogen (secondary N) is 2. The summed E-state index contributed by atoms with van der Waals surface area (Å²) in [7, 11) is 1.49. The molecule has 3 aromatic carbocycles. The van der Waals surface area contributed by atoms with Crippen LogP contribution in [0.3, 0.4) is 0 Å². The van der Waals surface area contributed by atoms with Crippen molar-refractivity contribution in [1.82, 2.24) is 10.6 Å². The number of amides is 2. The molecule has 0 saturated heterocycles. The molecule has 6 rings (SSSR count). The van der Waals surface area contributed by atoms with Gasteiger partial charge in [-0.1, -0.05) is 39.1 Å². The van der Waals surface area contributed by atoms with Crippen molar-refractivity contribution in [3.05, 3.63) is 92.4 Å². The number of fused-ring (bicyclic) bond motifs is 3. The maximum absolute atomic E-state index is 13.9. The summed E-state index contributed by atoms with van der Waals surface area (Å²) in [6.45, 7) is -0.870. The van der Waals surface area contributed by atoms with Crippen LogP contribution >= 0.6 is 39.1 Å². The van der Waals surface area contributed by atoms with Gasteiger partial charge in [0.2, 0.25) is 0 Å². The van der Waals surface area contributed by atoms with Gasteiger partial charge in [-0.3, -0.25) is 9.59 Å². The Kier molecular flexibility index (Phi) is 10.4. The largest absolute Gasteiger partial charge is 0.484 e. The number of rotatable bonds is 11. The molecule has 0 spiro atoms. The Morgan fingerprint density at radius 3 is 1.76 bits per heavy atom. The van der Waals surface area contributed by atoms with Gasteiger partial charge < -0.3 is 29.6 Å². The number of ether oxygens (including phenoxy) is 4. The van der Waals surface area contributed by atoms with Crippen molar-refractivity contribution in [2.75, 3.05) is 20.3 Å². The Balaban J connectivity index is 1.33. The first-order valence-corrected chi connectivity index (χ1v) is 15.7. The van der Waals surface area contributed by atoms with Crippen molar-refractivity contribution in [3.63, 3.8) is 0 Å². The zero-order chi connectivity index (χ0) is 33.1. The monoisotopic (exact) mass is 740 g/mol. The molecule has 9 nitrogen and oxygen atoms in total. The topological polar surface area (TPSA) is 112 Å². The van der Waals surface area contributed by atoms with Crippen LogP contribution in [0, 0.1) is 11.6 Å². The van der Waals surface area contributed by atoms with E-state index < -0.39 is 65.9 Å². The first kappa shape index (κ1) is 33.9. The Labute approximate surface area is 281 Å². The Bertz CT molecular complexity index is 1630. The average molecular weight is 742 g/mol. The van der Waals surface area contributed by atoms with Gasteiger partial charge in [-0.25, -0.2) is 13.6 Å². The van der Waals surface area contributed by atoms with Crippen molar-refractivity contribution in [2.24, 2.45) is 0 Å². The molecule has 244 valence electrons. The van der Waals surface area contributed by atoms with Crippen LogP contribution in [0.2, 0.25) is 10.0 Å². The fourth-order valence-corrected chi connectivity index (χ4v) is 6.48. The first-order valence-electron chi connectivity index (χ1n) is 14.2. The van der Waals surface area contributed by atoms with Gasteiger partial charge in [0.15, 0.2) is 13.2 Å². The lowest BCUT2D eigenvalue weighted by Gasteiger charge is -2.60. The highest BCUT2D eigenvalue weighted by Crippen LogP contribution is 2.49. The Hall–Kier alpha value is -3.45. The fourth-order valence-electron chi connectivity index (χ4n) is 5.98. The van der Waals surface area contributed by atoms with E-state index in [9.17, 15) is 23.2 Å². The normalized spacial score (nSPS) is 23.3. The maximum atomic E-state index is 13.9. The molecule has 0 aliphatic heterocycles. The van der Waals surface area contributed by atoms with Crippen LogP contribution in [0.1, 0.15) is 36.0 Å². The van der Waals surface area contributed by atoms with Crippen LogP contribution in [-0.4, -0.2) is 61.4 Å². The highest BCUT2D eigenvalue weighted by Gasteiger charge is 2.62. The van der Waals surface area contributed by atoms with Crippen molar-refractivity contribution in [1.29, 1.82) is 0 Å². The molecule has 3 saturated carbocycles. The zero-order valence-electron chi connectivity index (χ0n) is 24.4. The van der Waals surface area contributed by atoms with Crippen LogP contribution in [0.25, 0.3) is 0 Å².